The molecule has 0 aromatic carbocycles. The maximum Gasteiger partial charge on any atom is 0.153 e. The van der Waals surface area contributed by atoms with Crippen LogP contribution in [-0.4, -0.2) is 29.3 Å². The Labute approximate surface area is 118 Å². The Kier molecular flexibility index (Phi) is 5.87. The second-order valence-corrected chi connectivity index (χ2v) is 6.52. The lowest BCUT2D eigenvalue weighted by Gasteiger charge is -2.42. The Morgan fingerprint density at radius 2 is 1.63 bits per heavy atom. The number of Topliss-reactive ketones (excluding diaryl/α,β-unsaturated/α-hetero) is 1. The maximum absolute atomic E-state index is 12.8. The number of piperidine rings is 1. The number of hydrogen-bond donors (Lipinski definition) is 0. The molecule has 1 heterocycles. The summed E-state index contributed by atoms with van der Waals surface area (Å²) in [4.78, 5) is 15.3. The van der Waals surface area contributed by atoms with Gasteiger partial charge < -0.3 is 0 Å². The SMILES string of the molecule is CCCCCCC(=O)C1(N2CCCCC2)CCCC1. The Hall–Kier alpha value is -0.370. The molecule has 2 rings (SSSR count). The van der Waals surface area contributed by atoms with Crippen LogP contribution in [0.4, 0.5) is 0 Å². The molecule has 0 aromatic heterocycles. The van der Waals surface area contributed by atoms with Crippen molar-refractivity contribution in [2.24, 2.45) is 0 Å². The van der Waals surface area contributed by atoms with Crippen LogP contribution in [0.3, 0.4) is 0 Å². The molecule has 2 heteroatoms. The average Bonchev–Trinajstić information content (AvgIpc) is 2.95. The van der Waals surface area contributed by atoms with Crippen molar-refractivity contribution in [3.05, 3.63) is 0 Å². The number of nitrogens with zero attached hydrogens (tertiary/aromatic N) is 1. The summed E-state index contributed by atoms with van der Waals surface area (Å²) in [5.74, 6) is 0.572. The van der Waals surface area contributed by atoms with Crippen molar-refractivity contribution in [1.29, 1.82) is 0 Å². The second-order valence-electron chi connectivity index (χ2n) is 6.52. The van der Waals surface area contributed by atoms with E-state index >= 15 is 0 Å². The Balaban J connectivity index is 1.91. The van der Waals surface area contributed by atoms with Gasteiger partial charge in [-0.05, 0) is 45.2 Å². The lowest BCUT2D eigenvalue weighted by molar-refractivity contribution is -0.132. The van der Waals surface area contributed by atoms with E-state index in [1.807, 2.05) is 0 Å². The van der Waals surface area contributed by atoms with Crippen molar-refractivity contribution in [3.8, 4) is 0 Å². The second kappa shape index (κ2) is 7.42. The molecule has 0 N–H and O–H groups in total. The highest BCUT2D eigenvalue weighted by molar-refractivity contribution is 5.88. The van der Waals surface area contributed by atoms with E-state index in [0.717, 1.165) is 25.7 Å². The van der Waals surface area contributed by atoms with Gasteiger partial charge in [0.1, 0.15) is 0 Å². The number of likely N-dealkylation sites (tertiary alicyclic amines) is 1. The molecule has 1 saturated heterocycles. The molecule has 110 valence electrons. The van der Waals surface area contributed by atoms with Crippen molar-refractivity contribution in [2.45, 2.75) is 89.5 Å². The largest absolute Gasteiger partial charge is 0.298 e. The van der Waals surface area contributed by atoms with Crippen LogP contribution in [-0.2, 0) is 4.79 Å². The predicted octanol–water partition coefficient (Wildman–Crippen LogP) is 4.32. The van der Waals surface area contributed by atoms with Gasteiger partial charge in [-0.25, -0.2) is 0 Å². The number of carbonyl (C=O) groups is 1. The first kappa shape index (κ1) is 15.0. The van der Waals surface area contributed by atoms with Gasteiger partial charge in [-0.1, -0.05) is 45.4 Å². The summed E-state index contributed by atoms with van der Waals surface area (Å²) < 4.78 is 0. The van der Waals surface area contributed by atoms with E-state index in [9.17, 15) is 4.79 Å². The van der Waals surface area contributed by atoms with E-state index in [0.29, 0.717) is 5.78 Å². The number of rotatable bonds is 7. The van der Waals surface area contributed by atoms with E-state index in [2.05, 4.69) is 11.8 Å². The van der Waals surface area contributed by atoms with Crippen LogP contribution < -0.4 is 0 Å². The fraction of sp³-hybridized carbons (Fsp3) is 0.941. The molecular formula is C17H31NO. The summed E-state index contributed by atoms with van der Waals surface area (Å²) in [6.07, 6.45) is 14.5. The lowest BCUT2D eigenvalue weighted by atomic mass is 9.85. The molecule has 0 atom stereocenters. The number of hydrogen-bond acceptors (Lipinski definition) is 2. The van der Waals surface area contributed by atoms with E-state index in [1.165, 1.54) is 64.5 Å². The van der Waals surface area contributed by atoms with Crippen LogP contribution in [0.25, 0.3) is 0 Å². The van der Waals surface area contributed by atoms with Crippen molar-refractivity contribution in [3.63, 3.8) is 0 Å². The van der Waals surface area contributed by atoms with Crippen molar-refractivity contribution < 1.29 is 4.79 Å². The molecule has 0 unspecified atom stereocenters. The van der Waals surface area contributed by atoms with Crippen LogP contribution in [0.5, 0.6) is 0 Å². The number of carbonyl (C=O) groups excluding carboxylic acids is 1. The normalized spacial score (nSPS) is 23.6. The van der Waals surface area contributed by atoms with Gasteiger partial charge in [0.2, 0.25) is 0 Å². The highest BCUT2D eigenvalue weighted by Gasteiger charge is 2.45. The third-order valence-corrected chi connectivity index (χ3v) is 5.17. The standard InChI is InChI=1S/C17H31NO/c1-2-3-4-6-11-16(19)17(12-7-8-13-17)18-14-9-5-10-15-18/h2-15H2,1H3. The fourth-order valence-electron chi connectivity index (χ4n) is 4.00. The summed E-state index contributed by atoms with van der Waals surface area (Å²) in [6.45, 7) is 4.56. The van der Waals surface area contributed by atoms with Crippen molar-refractivity contribution >= 4 is 5.78 Å². The minimum atomic E-state index is -0.0351. The molecular weight excluding hydrogens is 234 g/mol. The number of ketones is 1. The highest BCUT2D eigenvalue weighted by atomic mass is 16.1. The van der Waals surface area contributed by atoms with Gasteiger partial charge in [-0.3, -0.25) is 9.69 Å². The first-order chi connectivity index (χ1) is 9.29. The monoisotopic (exact) mass is 265 g/mol. The van der Waals surface area contributed by atoms with Crippen LogP contribution >= 0.6 is 0 Å². The Morgan fingerprint density at radius 1 is 0.947 bits per heavy atom. The summed E-state index contributed by atoms with van der Waals surface area (Å²) in [7, 11) is 0. The van der Waals surface area contributed by atoms with Gasteiger partial charge in [-0.2, -0.15) is 0 Å². The Morgan fingerprint density at radius 3 is 2.26 bits per heavy atom. The van der Waals surface area contributed by atoms with Crippen molar-refractivity contribution in [2.75, 3.05) is 13.1 Å². The molecule has 1 saturated carbocycles. The van der Waals surface area contributed by atoms with Crippen LogP contribution in [0.2, 0.25) is 0 Å². The number of unbranched alkanes of at least 4 members (excludes halogenated alkanes) is 3. The zero-order valence-electron chi connectivity index (χ0n) is 12.8. The first-order valence-corrected chi connectivity index (χ1v) is 8.58. The minimum absolute atomic E-state index is 0.0351. The molecule has 2 nitrogen and oxygen atoms in total. The summed E-state index contributed by atoms with van der Waals surface area (Å²) in [5.41, 5.74) is -0.0351. The molecule has 1 aliphatic heterocycles. The van der Waals surface area contributed by atoms with Crippen LogP contribution in [0.15, 0.2) is 0 Å². The summed E-state index contributed by atoms with van der Waals surface area (Å²) in [5, 5.41) is 0. The lowest BCUT2D eigenvalue weighted by Crippen LogP contribution is -2.54. The molecule has 1 aliphatic carbocycles. The zero-order chi connectivity index (χ0) is 13.6. The van der Waals surface area contributed by atoms with Gasteiger partial charge >= 0.3 is 0 Å². The Bertz CT molecular complexity index is 275. The van der Waals surface area contributed by atoms with Gasteiger partial charge in [0.15, 0.2) is 5.78 Å². The topological polar surface area (TPSA) is 20.3 Å². The molecule has 2 fully saturated rings. The molecule has 0 spiro atoms. The zero-order valence-corrected chi connectivity index (χ0v) is 12.8. The third kappa shape index (κ3) is 3.59. The summed E-state index contributed by atoms with van der Waals surface area (Å²) in [6, 6.07) is 0. The average molecular weight is 265 g/mol. The van der Waals surface area contributed by atoms with Crippen LogP contribution in [0.1, 0.15) is 84.0 Å². The van der Waals surface area contributed by atoms with E-state index < -0.39 is 0 Å². The molecule has 0 amide bonds. The van der Waals surface area contributed by atoms with Crippen LogP contribution in [0, 0.1) is 0 Å². The minimum Gasteiger partial charge on any atom is -0.298 e. The molecule has 0 aromatic rings. The van der Waals surface area contributed by atoms with Gasteiger partial charge in [0, 0.05) is 6.42 Å². The van der Waals surface area contributed by atoms with Gasteiger partial charge in [0.25, 0.3) is 0 Å². The highest BCUT2D eigenvalue weighted by Crippen LogP contribution is 2.38. The third-order valence-electron chi connectivity index (χ3n) is 5.17. The summed E-state index contributed by atoms with van der Waals surface area (Å²) >= 11 is 0. The fourth-order valence-corrected chi connectivity index (χ4v) is 4.00. The molecule has 0 bridgehead atoms. The molecule has 2 aliphatic rings. The van der Waals surface area contributed by atoms with Gasteiger partial charge in [-0.15, -0.1) is 0 Å². The predicted molar refractivity (Wildman–Crippen MR) is 80.4 cm³/mol. The molecule has 19 heavy (non-hydrogen) atoms. The van der Waals surface area contributed by atoms with E-state index in [1.54, 1.807) is 0 Å². The quantitative estimate of drug-likeness (QED) is 0.639. The smallest absolute Gasteiger partial charge is 0.153 e. The van der Waals surface area contributed by atoms with E-state index in [-0.39, 0.29) is 5.54 Å². The molecule has 0 radical (unpaired) electrons. The maximum atomic E-state index is 12.8. The van der Waals surface area contributed by atoms with Crippen molar-refractivity contribution in [1.82, 2.24) is 4.90 Å². The van der Waals surface area contributed by atoms with Gasteiger partial charge in [0.05, 0.1) is 5.54 Å². The van der Waals surface area contributed by atoms with E-state index in [4.69, 9.17) is 0 Å². The first-order valence-electron chi connectivity index (χ1n) is 8.58.